The van der Waals surface area contributed by atoms with Crippen LogP contribution in [0.3, 0.4) is 0 Å². The summed E-state index contributed by atoms with van der Waals surface area (Å²) < 4.78 is 7.16. The first-order valence-corrected chi connectivity index (χ1v) is 6.40. The molecule has 94 valence electrons. The number of carbonyl (C=O) groups is 1. The number of hydrogen-bond donors (Lipinski definition) is 0. The van der Waals surface area contributed by atoms with Gasteiger partial charge in [0.05, 0.1) is 0 Å². The maximum absolute atomic E-state index is 11.6. The second-order valence-electron chi connectivity index (χ2n) is 3.90. The first kappa shape index (κ1) is 12.6. The average molecular weight is 262 g/mol. The van der Waals surface area contributed by atoms with Crippen molar-refractivity contribution in [3.8, 4) is 5.75 Å². The van der Waals surface area contributed by atoms with Crippen molar-refractivity contribution in [3.63, 3.8) is 0 Å². The Bertz CT molecular complexity index is 596. The van der Waals surface area contributed by atoms with Crippen LogP contribution < -0.4 is 9.54 Å². The summed E-state index contributed by atoms with van der Waals surface area (Å²) in [5.74, 6) is 0.397. The Balaban J connectivity index is 1.97. The van der Waals surface area contributed by atoms with Crippen LogP contribution in [0.4, 0.5) is 0 Å². The smallest absolute Gasteiger partial charge is 0.286 e. The second kappa shape index (κ2) is 5.64. The van der Waals surface area contributed by atoms with Crippen molar-refractivity contribution < 1.29 is 9.53 Å². The molecule has 0 unspecified atom stereocenters. The highest BCUT2D eigenvalue weighted by atomic mass is 32.1. The van der Waals surface area contributed by atoms with Crippen LogP contribution in [0.5, 0.6) is 5.75 Å². The lowest BCUT2D eigenvalue weighted by Gasteiger charge is -2.03. The molecule has 0 radical (unpaired) electrons. The topological polar surface area (TPSA) is 43.6 Å². The van der Waals surface area contributed by atoms with Gasteiger partial charge in [-0.3, -0.25) is 4.79 Å². The van der Waals surface area contributed by atoms with Crippen molar-refractivity contribution in [2.24, 2.45) is 12.0 Å². The highest BCUT2D eigenvalue weighted by Gasteiger charge is 2.01. The molecule has 2 aromatic rings. The van der Waals surface area contributed by atoms with Gasteiger partial charge in [-0.05, 0) is 19.1 Å². The first-order chi connectivity index (χ1) is 8.65. The molecule has 0 saturated carbocycles. The van der Waals surface area contributed by atoms with Crippen LogP contribution >= 0.6 is 11.3 Å². The van der Waals surface area contributed by atoms with E-state index in [2.05, 4.69) is 4.99 Å². The molecule has 0 atom stereocenters. The summed E-state index contributed by atoms with van der Waals surface area (Å²) in [4.78, 5) is 16.2. The maximum atomic E-state index is 11.6. The number of benzene rings is 1. The Kier molecular flexibility index (Phi) is 3.94. The van der Waals surface area contributed by atoms with Gasteiger partial charge in [-0.15, -0.1) is 11.3 Å². The summed E-state index contributed by atoms with van der Waals surface area (Å²) in [5, 5.41) is 1.88. The monoisotopic (exact) mass is 262 g/mol. The van der Waals surface area contributed by atoms with Gasteiger partial charge in [0.2, 0.25) is 0 Å². The Labute approximate surface area is 109 Å². The van der Waals surface area contributed by atoms with Gasteiger partial charge in [0.25, 0.3) is 5.91 Å². The van der Waals surface area contributed by atoms with E-state index in [0.29, 0.717) is 10.6 Å². The van der Waals surface area contributed by atoms with E-state index < -0.39 is 0 Å². The van der Waals surface area contributed by atoms with Crippen LogP contribution in [0.15, 0.2) is 40.8 Å². The van der Waals surface area contributed by atoms with E-state index >= 15 is 0 Å². The van der Waals surface area contributed by atoms with Crippen LogP contribution in [0.25, 0.3) is 0 Å². The fourth-order valence-corrected chi connectivity index (χ4v) is 2.10. The van der Waals surface area contributed by atoms with Gasteiger partial charge in [0, 0.05) is 18.6 Å². The van der Waals surface area contributed by atoms with E-state index in [1.807, 2.05) is 49.8 Å². The molecular weight excluding hydrogens is 248 g/mol. The first-order valence-electron chi connectivity index (χ1n) is 5.52. The molecule has 1 heterocycles. The molecule has 2 rings (SSSR count). The summed E-state index contributed by atoms with van der Waals surface area (Å²) in [6, 6.07) is 7.56. The molecule has 0 aliphatic heterocycles. The molecule has 1 amide bonds. The van der Waals surface area contributed by atoms with Gasteiger partial charge >= 0.3 is 0 Å². The molecule has 1 aromatic heterocycles. The summed E-state index contributed by atoms with van der Waals surface area (Å²) in [6.07, 6.45) is 1.86. The number of ether oxygens (including phenoxy) is 1. The summed E-state index contributed by atoms with van der Waals surface area (Å²) >= 11 is 1.42. The van der Waals surface area contributed by atoms with Gasteiger partial charge in [0.1, 0.15) is 5.75 Å². The number of rotatable bonds is 3. The third kappa shape index (κ3) is 3.30. The number of amides is 1. The number of thiazole rings is 1. The molecule has 0 bridgehead atoms. The van der Waals surface area contributed by atoms with Gasteiger partial charge in [-0.25, -0.2) is 0 Å². The molecule has 0 saturated heterocycles. The van der Waals surface area contributed by atoms with Crippen molar-refractivity contribution in [2.75, 3.05) is 6.61 Å². The summed E-state index contributed by atoms with van der Waals surface area (Å²) in [6.45, 7) is 1.96. The van der Waals surface area contributed by atoms with Crippen LogP contribution in [0, 0.1) is 6.92 Å². The third-order valence-electron chi connectivity index (χ3n) is 2.36. The number of carbonyl (C=O) groups excluding carboxylic acids is 1. The number of hydrogen-bond acceptors (Lipinski definition) is 3. The lowest BCUT2D eigenvalue weighted by Crippen LogP contribution is -2.16. The Morgan fingerprint density at radius 3 is 2.72 bits per heavy atom. The minimum absolute atomic E-state index is 0.0407. The van der Waals surface area contributed by atoms with Crippen molar-refractivity contribution in [3.05, 3.63) is 46.2 Å². The molecule has 0 N–H and O–H groups in total. The second-order valence-corrected chi connectivity index (χ2v) is 4.78. The Hall–Kier alpha value is -1.88. The van der Waals surface area contributed by atoms with Crippen molar-refractivity contribution in [2.45, 2.75) is 6.92 Å². The quantitative estimate of drug-likeness (QED) is 0.848. The lowest BCUT2D eigenvalue weighted by atomic mass is 10.2. The highest BCUT2D eigenvalue weighted by molar-refractivity contribution is 7.07. The van der Waals surface area contributed by atoms with Crippen LogP contribution in [0.2, 0.25) is 0 Å². The van der Waals surface area contributed by atoms with Gasteiger partial charge in [0.15, 0.2) is 11.4 Å². The van der Waals surface area contributed by atoms with Gasteiger partial charge in [-0.1, -0.05) is 17.7 Å². The molecule has 0 spiro atoms. The van der Waals surface area contributed by atoms with E-state index in [-0.39, 0.29) is 12.5 Å². The maximum Gasteiger partial charge on any atom is 0.286 e. The van der Waals surface area contributed by atoms with Crippen molar-refractivity contribution in [1.29, 1.82) is 0 Å². The fourth-order valence-electron chi connectivity index (χ4n) is 1.35. The van der Waals surface area contributed by atoms with Gasteiger partial charge < -0.3 is 9.30 Å². The number of nitrogens with zero attached hydrogens (tertiary/aromatic N) is 2. The Morgan fingerprint density at radius 1 is 1.39 bits per heavy atom. The molecular formula is C13H14N2O2S. The molecule has 0 aliphatic carbocycles. The molecule has 0 aliphatic rings. The zero-order valence-corrected chi connectivity index (χ0v) is 11.1. The summed E-state index contributed by atoms with van der Waals surface area (Å²) in [7, 11) is 1.85. The van der Waals surface area contributed by atoms with E-state index in [1.165, 1.54) is 11.3 Å². The molecule has 5 heteroatoms. The van der Waals surface area contributed by atoms with Gasteiger partial charge in [-0.2, -0.15) is 4.99 Å². The highest BCUT2D eigenvalue weighted by Crippen LogP contribution is 2.10. The third-order valence-corrected chi connectivity index (χ3v) is 3.21. The van der Waals surface area contributed by atoms with Crippen LogP contribution in [0.1, 0.15) is 5.56 Å². The van der Waals surface area contributed by atoms with Crippen molar-refractivity contribution >= 4 is 17.2 Å². The molecule has 1 aromatic carbocycles. The Morgan fingerprint density at radius 2 is 2.11 bits per heavy atom. The lowest BCUT2D eigenvalue weighted by molar-refractivity contribution is -0.120. The predicted octanol–water partition coefficient (Wildman–Crippen LogP) is 1.90. The zero-order chi connectivity index (χ0) is 13.0. The largest absolute Gasteiger partial charge is 0.484 e. The van der Waals surface area contributed by atoms with Crippen LogP contribution in [-0.4, -0.2) is 17.1 Å². The van der Waals surface area contributed by atoms with E-state index in [9.17, 15) is 4.79 Å². The fraction of sp³-hybridized carbons (Fsp3) is 0.231. The molecule has 18 heavy (non-hydrogen) atoms. The van der Waals surface area contributed by atoms with E-state index in [0.717, 1.165) is 5.56 Å². The summed E-state index contributed by atoms with van der Waals surface area (Å²) in [5.41, 5.74) is 1.16. The number of aromatic nitrogens is 1. The predicted molar refractivity (Wildman–Crippen MR) is 70.5 cm³/mol. The molecule has 0 fully saturated rings. The van der Waals surface area contributed by atoms with Crippen LogP contribution in [-0.2, 0) is 11.8 Å². The molecule has 4 nitrogen and oxygen atoms in total. The average Bonchev–Trinajstić information content (AvgIpc) is 2.74. The zero-order valence-electron chi connectivity index (χ0n) is 10.3. The SMILES string of the molecule is Cc1ccc(OCC(=O)N=c2sccn2C)cc1. The minimum Gasteiger partial charge on any atom is -0.484 e. The van der Waals surface area contributed by atoms with Crippen molar-refractivity contribution in [1.82, 2.24) is 4.57 Å². The van der Waals surface area contributed by atoms with E-state index in [1.54, 1.807) is 4.57 Å². The van der Waals surface area contributed by atoms with E-state index in [4.69, 9.17) is 4.74 Å². The normalized spacial score (nSPS) is 11.6. The number of aryl methyl sites for hydroxylation is 2. The minimum atomic E-state index is -0.284. The standard InChI is InChI=1S/C13H14N2O2S/c1-10-3-5-11(6-4-10)17-9-12(16)14-13-15(2)7-8-18-13/h3-8H,9H2,1-2H3.